The molecular formula is C22H20N4O3. The highest BCUT2D eigenvalue weighted by Crippen LogP contribution is 2.38. The summed E-state index contributed by atoms with van der Waals surface area (Å²) in [5.74, 6) is -0.340. The first-order chi connectivity index (χ1) is 14.1. The molecule has 0 unspecified atom stereocenters. The Bertz CT molecular complexity index is 1330. The summed E-state index contributed by atoms with van der Waals surface area (Å²) in [6.07, 6.45) is 0.837. The van der Waals surface area contributed by atoms with E-state index < -0.39 is 17.3 Å². The fourth-order valence-electron chi connectivity index (χ4n) is 4.33. The predicted molar refractivity (Wildman–Crippen MR) is 111 cm³/mol. The van der Waals surface area contributed by atoms with Crippen LogP contribution in [0.4, 0.5) is 0 Å². The zero-order valence-corrected chi connectivity index (χ0v) is 15.8. The van der Waals surface area contributed by atoms with Gasteiger partial charge in [0.15, 0.2) is 0 Å². The van der Waals surface area contributed by atoms with Crippen molar-refractivity contribution in [2.75, 3.05) is 13.6 Å². The van der Waals surface area contributed by atoms with Gasteiger partial charge in [-0.3, -0.25) is 14.7 Å². The maximum atomic E-state index is 12.8. The highest BCUT2D eigenvalue weighted by Gasteiger charge is 2.34. The van der Waals surface area contributed by atoms with E-state index in [-0.39, 0.29) is 11.4 Å². The molecule has 0 spiro atoms. The molecule has 0 saturated heterocycles. The second-order valence-corrected chi connectivity index (χ2v) is 7.36. The summed E-state index contributed by atoms with van der Waals surface area (Å²) >= 11 is 0. The van der Waals surface area contributed by atoms with Crippen molar-refractivity contribution in [3.8, 4) is 11.6 Å². The Balaban J connectivity index is 1.79. The maximum absolute atomic E-state index is 12.8. The number of aromatic amines is 2. The van der Waals surface area contributed by atoms with Crippen molar-refractivity contribution >= 4 is 10.9 Å². The lowest BCUT2D eigenvalue weighted by molar-refractivity contribution is 0.252. The number of hydrogen-bond donors (Lipinski definition) is 3. The average molecular weight is 388 g/mol. The molecule has 7 heteroatoms. The van der Waals surface area contributed by atoms with E-state index in [9.17, 15) is 14.7 Å². The van der Waals surface area contributed by atoms with E-state index in [0.29, 0.717) is 5.69 Å². The van der Waals surface area contributed by atoms with Crippen molar-refractivity contribution in [1.29, 1.82) is 0 Å². The lowest BCUT2D eigenvalue weighted by atomic mass is 9.94. The number of aromatic nitrogens is 3. The summed E-state index contributed by atoms with van der Waals surface area (Å²) in [5, 5.41) is 12.2. The number of nitrogens with one attached hydrogen (secondary N) is 2. The SMILES string of the molecule is CN1CCc2c([nH]c3ccccc23)[C@H]1c1c(O)n(-c2ccccc2)c(=O)[nH]c1=O. The molecule has 0 radical (unpaired) electrons. The second kappa shape index (κ2) is 6.49. The molecule has 4 aromatic rings. The first-order valence-corrected chi connectivity index (χ1v) is 9.49. The zero-order chi connectivity index (χ0) is 20.1. The van der Waals surface area contributed by atoms with Gasteiger partial charge >= 0.3 is 5.69 Å². The van der Waals surface area contributed by atoms with Crippen molar-refractivity contribution in [2.45, 2.75) is 12.5 Å². The molecule has 2 aromatic heterocycles. The molecule has 3 heterocycles. The predicted octanol–water partition coefficient (Wildman–Crippen LogP) is 2.29. The minimum absolute atomic E-state index is 0.156. The Morgan fingerprint density at radius 2 is 1.72 bits per heavy atom. The second-order valence-electron chi connectivity index (χ2n) is 7.36. The number of H-pyrrole nitrogens is 2. The molecule has 29 heavy (non-hydrogen) atoms. The first-order valence-electron chi connectivity index (χ1n) is 9.49. The van der Waals surface area contributed by atoms with E-state index in [1.165, 1.54) is 0 Å². The van der Waals surface area contributed by atoms with Gasteiger partial charge in [0, 0.05) is 23.1 Å². The number of hydrogen-bond acceptors (Lipinski definition) is 4. The number of aromatic hydroxyl groups is 1. The Labute approximate surface area is 165 Å². The van der Waals surface area contributed by atoms with E-state index in [1.54, 1.807) is 24.3 Å². The summed E-state index contributed by atoms with van der Waals surface area (Å²) < 4.78 is 1.14. The fraction of sp³-hybridized carbons (Fsp3) is 0.182. The molecular weight excluding hydrogens is 368 g/mol. The van der Waals surface area contributed by atoms with E-state index >= 15 is 0 Å². The molecule has 7 nitrogen and oxygen atoms in total. The van der Waals surface area contributed by atoms with Crippen molar-refractivity contribution in [1.82, 2.24) is 19.4 Å². The van der Waals surface area contributed by atoms with Gasteiger partial charge in [0.05, 0.1) is 11.7 Å². The Morgan fingerprint density at radius 3 is 2.52 bits per heavy atom. The molecule has 0 fully saturated rings. The minimum Gasteiger partial charge on any atom is -0.494 e. The van der Waals surface area contributed by atoms with Gasteiger partial charge in [-0.05, 0) is 37.2 Å². The first kappa shape index (κ1) is 17.5. The molecule has 3 N–H and O–H groups in total. The smallest absolute Gasteiger partial charge is 0.335 e. The lowest BCUT2D eigenvalue weighted by Gasteiger charge is -2.33. The highest BCUT2D eigenvalue weighted by molar-refractivity contribution is 5.85. The van der Waals surface area contributed by atoms with Crippen molar-refractivity contribution < 1.29 is 5.11 Å². The van der Waals surface area contributed by atoms with Gasteiger partial charge in [-0.25, -0.2) is 9.36 Å². The average Bonchev–Trinajstić information content (AvgIpc) is 3.09. The van der Waals surface area contributed by atoms with Gasteiger partial charge in [0.2, 0.25) is 5.88 Å². The number of likely N-dealkylation sites (N-methyl/N-ethyl adjacent to an activating group) is 1. The molecule has 146 valence electrons. The van der Waals surface area contributed by atoms with E-state index in [1.807, 2.05) is 36.2 Å². The normalized spacial score (nSPS) is 16.8. The van der Waals surface area contributed by atoms with Crippen molar-refractivity contribution in [3.05, 3.63) is 92.3 Å². The van der Waals surface area contributed by atoms with Crippen LogP contribution in [0.3, 0.4) is 0 Å². The largest absolute Gasteiger partial charge is 0.494 e. The molecule has 0 saturated carbocycles. The molecule has 0 amide bonds. The van der Waals surface area contributed by atoms with Crippen LogP contribution < -0.4 is 11.2 Å². The molecule has 2 aromatic carbocycles. The fourth-order valence-corrected chi connectivity index (χ4v) is 4.33. The highest BCUT2D eigenvalue weighted by atomic mass is 16.3. The number of para-hydroxylation sites is 2. The number of nitrogens with zero attached hydrogens (tertiary/aromatic N) is 2. The van der Waals surface area contributed by atoms with Crippen LogP contribution in [0.5, 0.6) is 5.88 Å². The maximum Gasteiger partial charge on any atom is 0.335 e. The van der Waals surface area contributed by atoms with Crippen molar-refractivity contribution in [2.24, 2.45) is 0 Å². The van der Waals surface area contributed by atoms with Gasteiger partial charge in [-0.15, -0.1) is 0 Å². The monoisotopic (exact) mass is 388 g/mol. The summed E-state index contributed by atoms with van der Waals surface area (Å²) in [6, 6.07) is 16.3. The van der Waals surface area contributed by atoms with Crippen LogP contribution in [0.25, 0.3) is 16.6 Å². The summed E-state index contributed by atoms with van der Waals surface area (Å²) in [7, 11) is 1.91. The lowest BCUT2D eigenvalue weighted by Crippen LogP contribution is -2.39. The Kier molecular flexibility index (Phi) is 3.92. The van der Waals surface area contributed by atoms with Crippen LogP contribution in [0, 0.1) is 0 Å². The molecule has 1 atom stereocenters. The van der Waals surface area contributed by atoms with Crippen LogP contribution in [-0.2, 0) is 6.42 Å². The van der Waals surface area contributed by atoms with Gasteiger partial charge in [0.1, 0.15) is 5.56 Å². The van der Waals surface area contributed by atoms with Gasteiger partial charge in [0.25, 0.3) is 5.56 Å². The third kappa shape index (κ3) is 2.62. The number of rotatable bonds is 2. The molecule has 0 aliphatic carbocycles. The Morgan fingerprint density at radius 1 is 1.00 bits per heavy atom. The summed E-state index contributed by atoms with van der Waals surface area (Å²) in [6.45, 7) is 0.725. The third-order valence-electron chi connectivity index (χ3n) is 5.68. The third-order valence-corrected chi connectivity index (χ3v) is 5.68. The standard InChI is InChI=1S/C22H20N4O3/c1-25-12-11-15-14-9-5-6-10-16(14)23-18(15)19(25)17-20(27)24-22(29)26(21(17)28)13-7-3-2-4-8-13/h2-10,19,23,28H,11-12H2,1H3,(H,24,27,29)/t19-/m1/s1. The van der Waals surface area contributed by atoms with Gasteiger partial charge < -0.3 is 10.1 Å². The Hall–Kier alpha value is -3.58. The van der Waals surface area contributed by atoms with Crippen LogP contribution >= 0.6 is 0 Å². The quantitative estimate of drug-likeness (QED) is 0.491. The molecule has 0 bridgehead atoms. The van der Waals surface area contributed by atoms with Gasteiger partial charge in [-0.2, -0.15) is 0 Å². The van der Waals surface area contributed by atoms with Crippen molar-refractivity contribution in [3.63, 3.8) is 0 Å². The topological polar surface area (TPSA) is 94.1 Å². The van der Waals surface area contributed by atoms with E-state index in [0.717, 1.165) is 39.7 Å². The minimum atomic E-state index is -0.669. The van der Waals surface area contributed by atoms with Gasteiger partial charge in [-0.1, -0.05) is 36.4 Å². The molecule has 1 aliphatic heterocycles. The molecule has 1 aliphatic rings. The summed E-state index contributed by atoms with van der Waals surface area (Å²) in [4.78, 5) is 33.2. The van der Waals surface area contributed by atoms with Crippen LogP contribution in [0.2, 0.25) is 0 Å². The van der Waals surface area contributed by atoms with Crippen LogP contribution in [0.15, 0.2) is 64.2 Å². The van der Waals surface area contributed by atoms with E-state index in [4.69, 9.17) is 0 Å². The summed E-state index contributed by atoms with van der Waals surface area (Å²) in [5.41, 5.74) is 2.40. The van der Waals surface area contributed by atoms with E-state index in [2.05, 4.69) is 16.0 Å². The van der Waals surface area contributed by atoms with Crippen LogP contribution in [0.1, 0.15) is 22.9 Å². The number of benzene rings is 2. The number of fused-ring (bicyclic) bond motifs is 3. The zero-order valence-electron chi connectivity index (χ0n) is 15.8. The molecule has 5 rings (SSSR count). The van der Waals surface area contributed by atoms with Crippen LogP contribution in [-0.4, -0.2) is 38.1 Å².